The summed E-state index contributed by atoms with van der Waals surface area (Å²) in [7, 11) is -8.55. The molecule has 4 rings (SSSR count). The third kappa shape index (κ3) is 8.18. The smallest absolute Gasteiger partial charge is 1.00 e. The van der Waals surface area contributed by atoms with E-state index in [9.17, 15) is 21.0 Å². The van der Waals surface area contributed by atoms with Crippen molar-refractivity contribution < 1.29 is 30.5 Å². The van der Waals surface area contributed by atoms with Crippen molar-refractivity contribution in [3.63, 3.8) is 0 Å². The van der Waals surface area contributed by atoms with Crippen molar-refractivity contribution in [2.75, 3.05) is 0 Å². The van der Waals surface area contributed by atoms with Crippen molar-refractivity contribution in [3.8, 4) is 22.8 Å². The zero-order chi connectivity index (χ0) is 26.0. The van der Waals surface area contributed by atoms with Gasteiger partial charge in [0.15, 0.2) is 0 Å². The Hall–Kier alpha value is -2.68. The summed E-state index contributed by atoms with van der Waals surface area (Å²) in [5, 5.41) is 10.5. The summed E-state index contributed by atoms with van der Waals surface area (Å²) in [6.45, 7) is 6.58. The molecule has 0 saturated heterocycles. The first-order valence-electron chi connectivity index (χ1n) is 10.2. The number of aromatic nitrogens is 4. The maximum Gasteiger partial charge on any atom is -1.00 e. The van der Waals surface area contributed by atoms with E-state index in [1.54, 1.807) is 21.7 Å². The van der Waals surface area contributed by atoms with Gasteiger partial charge in [-0.25, -0.2) is 0 Å². The SMILES string of the molecule is CC(C)(C)c1ccc(-c2nn(-c3ccccc3)[n+](-c3c(Cl)cccc3Cl)n2)cc1.FP(F)(F)(F)F.[F-]. The van der Waals surface area contributed by atoms with Gasteiger partial charge in [-0.05, 0) is 57.3 Å². The van der Waals surface area contributed by atoms with Gasteiger partial charge in [0, 0.05) is 4.80 Å². The predicted octanol–water partition coefficient (Wildman–Crippen LogP) is 5.78. The first-order chi connectivity index (χ1) is 16.1. The van der Waals surface area contributed by atoms with Crippen molar-refractivity contribution >= 4 is 31.4 Å². The van der Waals surface area contributed by atoms with Crippen LogP contribution in [0.25, 0.3) is 22.8 Å². The number of tetrazole rings is 1. The molecule has 0 bridgehead atoms. The second-order valence-electron chi connectivity index (χ2n) is 8.47. The molecular formula is C23H21Cl2F6N4P. The molecule has 0 N–H and O–H groups in total. The number of rotatable bonds is 3. The summed E-state index contributed by atoms with van der Waals surface area (Å²) in [6, 6.07) is 23.5. The van der Waals surface area contributed by atoms with E-state index < -0.39 is 8.16 Å². The molecule has 1 heterocycles. The van der Waals surface area contributed by atoms with Gasteiger partial charge < -0.3 is 4.70 Å². The zero-order valence-electron chi connectivity index (χ0n) is 19.2. The van der Waals surface area contributed by atoms with Crippen molar-refractivity contribution in [1.82, 2.24) is 15.0 Å². The van der Waals surface area contributed by atoms with Gasteiger partial charge in [0.2, 0.25) is 5.69 Å². The molecule has 0 radical (unpaired) electrons. The van der Waals surface area contributed by atoms with Gasteiger partial charge in [0.05, 0.1) is 20.7 Å². The summed E-state index contributed by atoms with van der Waals surface area (Å²) < 4.78 is 49.2. The van der Waals surface area contributed by atoms with Crippen LogP contribution in [0.1, 0.15) is 26.3 Å². The first-order valence-corrected chi connectivity index (χ1v) is 12.6. The minimum atomic E-state index is -8.55. The number of hydrogen-bond acceptors (Lipinski definition) is 2. The molecule has 36 heavy (non-hydrogen) atoms. The average molecular weight is 569 g/mol. The largest absolute Gasteiger partial charge is 1.00 e. The second-order valence-corrected chi connectivity index (χ2v) is 10.6. The quantitative estimate of drug-likeness (QED) is 0.178. The van der Waals surface area contributed by atoms with Crippen LogP contribution in [0.15, 0.2) is 72.8 Å². The van der Waals surface area contributed by atoms with Crippen LogP contribution in [0.4, 0.5) is 21.0 Å². The molecule has 0 atom stereocenters. The zero-order valence-corrected chi connectivity index (χ0v) is 21.6. The van der Waals surface area contributed by atoms with Crippen molar-refractivity contribution in [2.24, 2.45) is 0 Å². The Morgan fingerprint density at radius 3 is 1.75 bits per heavy atom. The molecular weight excluding hydrogens is 548 g/mol. The van der Waals surface area contributed by atoms with Crippen LogP contribution in [-0.4, -0.2) is 15.0 Å². The van der Waals surface area contributed by atoms with E-state index >= 15 is 0 Å². The van der Waals surface area contributed by atoms with Crippen LogP contribution in [-0.2, 0) is 5.41 Å². The maximum atomic E-state index is 9.84. The van der Waals surface area contributed by atoms with E-state index in [-0.39, 0.29) is 10.1 Å². The maximum absolute atomic E-state index is 9.84. The molecule has 0 spiro atoms. The Morgan fingerprint density at radius 2 is 1.28 bits per heavy atom. The minimum absolute atomic E-state index is 0. The third-order valence-electron chi connectivity index (χ3n) is 4.69. The van der Waals surface area contributed by atoms with Crippen molar-refractivity contribution in [3.05, 3.63) is 88.4 Å². The molecule has 0 amide bonds. The van der Waals surface area contributed by atoms with Gasteiger partial charge in [-0.3, -0.25) is 0 Å². The topological polar surface area (TPSA) is 34.6 Å². The van der Waals surface area contributed by atoms with Gasteiger partial charge in [0.1, 0.15) is 5.69 Å². The molecule has 4 aromatic rings. The molecule has 0 aliphatic carbocycles. The molecule has 0 saturated carbocycles. The van der Waals surface area contributed by atoms with E-state index in [1.807, 2.05) is 48.5 Å². The van der Waals surface area contributed by atoms with Gasteiger partial charge >= 0.3 is 35.0 Å². The Morgan fingerprint density at radius 1 is 0.778 bits per heavy atom. The fourth-order valence-electron chi connectivity index (χ4n) is 3.07. The fraction of sp³-hybridized carbons (Fsp3) is 0.174. The first kappa shape index (κ1) is 29.5. The number of para-hydroxylation sites is 2. The van der Waals surface area contributed by atoms with Crippen molar-refractivity contribution in [2.45, 2.75) is 26.2 Å². The monoisotopic (exact) mass is 568 g/mol. The number of halogens is 8. The van der Waals surface area contributed by atoms with Crippen LogP contribution in [0.5, 0.6) is 0 Å². The Labute approximate surface area is 214 Å². The second kappa shape index (κ2) is 10.7. The molecule has 1 aromatic heterocycles. The van der Waals surface area contributed by atoms with E-state index in [0.29, 0.717) is 21.6 Å². The van der Waals surface area contributed by atoms with Crippen LogP contribution < -0.4 is 9.50 Å². The van der Waals surface area contributed by atoms with Gasteiger partial charge in [-0.1, -0.05) is 80.4 Å². The van der Waals surface area contributed by atoms with E-state index in [1.165, 1.54) is 5.56 Å². The molecule has 13 heteroatoms. The number of nitrogens with zero attached hydrogens (tertiary/aromatic N) is 4. The molecule has 194 valence electrons. The Balaban J connectivity index is 0.000000584. The van der Waals surface area contributed by atoms with Crippen LogP contribution in [0.3, 0.4) is 0 Å². The predicted molar refractivity (Wildman–Crippen MR) is 130 cm³/mol. The molecule has 3 aromatic carbocycles. The summed E-state index contributed by atoms with van der Waals surface area (Å²) in [4.78, 5) is 3.35. The minimum Gasteiger partial charge on any atom is -1.00 e. The van der Waals surface area contributed by atoms with Crippen molar-refractivity contribution in [1.29, 1.82) is 0 Å². The standard InChI is InChI=1S/C23H21Cl2N4.F5P.FH/c1-23(2,3)17-14-12-16(13-15-17)22-26-28(18-8-5-4-6-9-18)29(27-22)21-19(24)10-7-11-20(21)25;1-6(2,3,4)5;/h4-15H,1-3H3;;1H/q+1;;/p-1. The number of benzene rings is 3. The van der Waals surface area contributed by atoms with Gasteiger partial charge in [0.25, 0.3) is 0 Å². The van der Waals surface area contributed by atoms with Gasteiger partial charge in [-0.2, -0.15) is 0 Å². The molecule has 0 fully saturated rings. The average Bonchev–Trinajstić information content (AvgIpc) is 3.17. The summed E-state index contributed by atoms with van der Waals surface area (Å²) in [5.74, 6) is 0.588. The van der Waals surface area contributed by atoms with E-state index in [4.69, 9.17) is 33.4 Å². The molecule has 0 aliphatic heterocycles. The molecule has 0 unspecified atom stereocenters. The van der Waals surface area contributed by atoms with E-state index in [2.05, 4.69) is 32.9 Å². The fourth-order valence-corrected chi connectivity index (χ4v) is 3.62. The third-order valence-corrected chi connectivity index (χ3v) is 5.30. The number of hydrogen-bond donors (Lipinski definition) is 0. The normalized spacial score (nSPS) is 12.6. The Kier molecular flexibility index (Phi) is 8.82. The molecule has 0 aliphatic rings. The van der Waals surface area contributed by atoms with Crippen LogP contribution in [0.2, 0.25) is 10.0 Å². The van der Waals surface area contributed by atoms with Crippen LogP contribution >= 0.6 is 31.4 Å². The summed E-state index contributed by atoms with van der Waals surface area (Å²) in [6.07, 6.45) is 0. The van der Waals surface area contributed by atoms with Gasteiger partial charge in [-0.15, -0.1) is 0 Å². The Bertz CT molecular complexity index is 1280. The van der Waals surface area contributed by atoms with Crippen LogP contribution in [0, 0.1) is 0 Å². The summed E-state index contributed by atoms with van der Waals surface area (Å²) >= 11 is 12.9. The van der Waals surface area contributed by atoms with E-state index in [0.717, 1.165) is 11.3 Å². The summed E-state index contributed by atoms with van der Waals surface area (Å²) in [5.41, 5.74) is 3.70. The molecule has 4 nitrogen and oxygen atoms in total.